The first kappa shape index (κ1) is 26.5. The molecular weight excluding hydrogens is 492 g/mol. The number of carbonyl (C=O) groups is 3. The Morgan fingerprint density at radius 1 is 1.05 bits per heavy atom. The maximum Gasteiger partial charge on any atom is 0.257 e. The minimum Gasteiger partial charge on any atom is -0.329 e. The van der Waals surface area contributed by atoms with Crippen molar-refractivity contribution in [1.29, 1.82) is 5.26 Å². The van der Waals surface area contributed by atoms with E-state index in [0.717, 1.165) is 10.5 Å². The molecule has 2 fully saturated rings. The lowest BCUT2D eigenvalue weighted by Gasteiger charge is -2.29. The standard InChI is InChI=1S/C27H30N4O5S/c1-26(2)23(27(26,3)4)25(34)30(14-13-17-7-11-20(12-8-17)37(29,35)36)21-15-22(32)31(24(21)33)19-9-5-18(16-28)6-10-19/h5-12,21,23H,13-15H2,1-4H3,(H2,29,35,36). The fraction of sp³-hybridized carbons (Fsp3) is 0.407. The smallest absolute Gasteiger partial charge is 0.257 e. The van der Waals surface area contributed by atoms with E-state index in [1.54, 1.807) is 24.3 Å². The number of anilines is 1. The van der Waals surface area contributed by atoms with Gasteiger partial charge in [-0.15, -0.1) is 0 Å². The van der Waals surface area contributed by atoms with Gasteiger partial charge in [-0.2, -0.15) is 5.26 Å². The van der Waals surface area contributed by atoms with Crippen LogP contribution in [0.4, 0.5) is 5.69 Å². The monoisotopic (exact) mass is 522 g/mol. The zero-order chi connectivity index (χ0) is 27.3. The molecule has 10 heteroatoms. The largest absolute Gasteiger partial charge is 0.329 e. The number of rotatable bonds is 7. The third-order valence-electron chi connectivity index (χ3n) is 8.20. The van der Waals surface area contributed by atoms with Gasteiger partial charge >= 0.3 is 0 Å². The molecule has 194 valence electrons. The summed E-state index contributed by atoms with van der Waals surface area (Å²) < 4.78 is 23.1. The number of amides is 3. The van der Waals surface area contributed by atoms with Gasteiger partial charge in [0.25, 0.3) is 5.91 Å². The number of imide groups is 1. The Labute approximate surface area is 216 Å². The van der Waals surface area contributed by atoms with Crippen LogP contribution in [-0.4, -0.2) is 43.6 Å². The van der Waals surface area contributed by atoms with Gasteiger partial charge in [-0.1, -0.05) is 39.8 Å². The average molecular weight is 523 g/mol. The van der Waals surface area contributed by atoms with Crippen LogP contribution in [0.2, 0.25) is 0 Å². The van der Waals surface area contributed by atoms with Gasteiger partial charge < -0.3 is 4.90 Å². The van der Waals surface area contributed by atoms with Gasteiger partial charge in [0.2, 0.25) is 21.8 Å². The van der Waals surface area contributed by atoms with E-state index < -0.39 is 27.9 Å². The van der Waals surface area contributed by atoms with Crippen LogP contribution >= 0.6 is 0 Å². The number of sulfonamides is 1. The molecule has 2 N–H and O–H groups in total. The number of hydrogen-bond acceptors (Lipinski definition) is 6. The maximum absolute atomic E-state index is 13.8. The molecule has 2 aromatic rings. The van der Waals surface area contributed by atoms with Crippen molar-refractivity contribution in [1.82, 2.24) is 4.90 Å². The Balaban J connectivity index is 1.61. The van der Waals surface area contributed by atoms with Crippen molar-refractivity contribution in [2.24, 2.45) is 21.9 Å². The van der Waals surface area contributed by atoms with Crippen LogP contribution in [0.5, 0.6) is 0 Å². The highest BCUT2D eigenvalue weighted by molar-refractivity contribution is 7.89. The van der Waals surface area contributed by atoms with E-state index in [9.17, 15) is 22.8 Å². The van der Waals surface area contributed by atoms with E-state index >= 15 is 0 Å². The van der Waals surface area contributed by atoms with E-state index in [2.05, 4.69) is 0 Å². The number of hydrogen-bond donors (Lipinski definition) is 1. The lowest BCUT2D eigenvalue weighted by atomic mass is 10.0. The van der Waals surface area contributed by atoms with E-state index in [0.29, 0.717) is 17.7 Å². The van der Waals surface area contributed by atoms with Crippen molar-refractivity contribution in [3.63, 3.8) is 0 Å². The highest BCUT2D eigenvalue weighted by Gasteiger charge is 2.69. The third kappa shape index (κ3) is 4.65. The molecule has 4 rings (SSSR count). The average Bonchev–Trinajstić information content (AvgIpc) is 3.07. The third-order valence-corrected chi connectivity index (χ3v) is 9.13. The number of nitrogens with zero attached hydrogens (tertiary/aromatic N) is 3. The van der Waals surface area contributed by atoms with Crippen molar-refractivity contribution >= 4 is 33.4 Å². The second-order valence-corrected chi connectivity index (χ2v) is 12.4. The molecule has 2 aromatic carbocycles. The molecule has 0 bridgehead atoms. The molecule has 1 unspecified atom stereocenters. The quantitative estimate of drug-likeness (QED) is 0.554. The highest BCUT2D eigenvalue weighted by Crippen LogP contribution is 2.69. The fourth-order valence-corrected chi connectivity index (χ4v) is 5.83. The van der Waals surface area contributed by atoms with Crippen LogP contribution in [0.25, 0.3) is 0 Å². The Morgan fingerprint density at radius 2 is 1.62 bits per heavy atom. The lowest BCUT2D eigenvalue weighted by molar-refractivity contribution is -0.140. The molecule has 37 heavy (non-hydrogen) atoms. The molecule has 2 aliphatic rings. The summed E-state index contributed by atoms with van der Waals surface area (Å²) in [6.07, 6.45) is 0.224. The zero-order valence-electron chi connectivity index (χ0n) is 21.3. The Hall–Kier alpha value is -3.55. The zero-order valence-corrected chi connectivity index (χ0v) is 22.1. The first-order valence-corrected chi connectivity index (χ1v) is 13.5. The van der Waals surface area contributed by atoms with Crippen LogP contribution in [0.3, 0.4) is 0 Å². The number of benzene rings is 2. The molecule has 1 heterocycles. The van der Waals surface area contributed by atoms with Gasteiger partial charge in [0.1, 0.15) is 6.04 Å². The molecule has 1 aliphatic carbocycles. The van der Waals surface area contributed by atoms with Crippen LogP contribution in [0, 0.1) is 28.1 Å². The first-order valence-electron chi connectivity index (χ1n) is 12.0. The van der Waals surface area contributed by atoms with Crippen LogP contribution in [0.15, 0.2) is 53.4 Å². The SMILES string of the molecule is CC1(C)C(C(=O)N(CCc2ccc(S(N)(=O)=O)cc2)C2CC(=O)N(c3ccc(C#N)cc3)C2=O)C1(C)C. The van der Waals surface area contributed by atoms with E-state index in [1.807, 2.05) is 33.8 Å². The van der Waals surface area contributed by atoms with Crippen LogP contribution in [-0.2, 0) is 30.8 Å². The summed E-state index contributed by atoms with van der Waals surface area (Å²) in [5.41, 5.74) is 0.994. The Morgan fingerprint density at radius 3 is 2.11 bits per heavy atom. The maximum atomic E-state index is 13.8. The number of carbonyl (C=O) groups excluding carboxylic acids is 3. The van der Waals surface area contributed by atoms with E-state index in [4.69, 9.17) is 10.4 Å². The highest BCUT2D eigenvalue weighted by atomic mass is 32.2. The Kier molecular flexibility index (Phi) is 6.51. The molecule has 1 atom stereocenters. The summed E-state index contributed by atoms with van der Waals surface area (Å²) in [6, 6.07) is 13.3. The fourth-order valence-electron chi connectivity index (χ4n) is 5.31. The first-order chi connectivity index (χ1) is 17.2. The van der Waals surface area contributed by atoms with Gasteiger partial charge in [-0.25, -0.2) is 18.5 Å². The summed E-state index contributed by atoms with van der Waals surface area (Å²) in [7, 11) is -3.83. The van der Waals surface area contributed by atoms with Gasteiger partial charge in [0.05, 0.1) is 28.6 Å². The normalized spacial score (nSPS) is 20.5. The predicted octanol–water partition coefficient (Wildman–Crippen LogP) is 2.59. The molecule has 1 aliphatic heterocycles. The summed E-state index contributed by atoms with van der Waals surface area (Å²) in [5.74, 6) is -1.38. The number of nitriles is 1. The minimum atomic E-state index is -3.83. The molecule has 0 radical (unpaired) electrons. The molecule has 1 saturated carbocycles. The Bertz CT molecular complexity index is 1390. The van der Waals surface area contributed by atoms with Crippen LogP contribution < -0.4 is 10.0 Å². The summed E-state index contributed by atoms with van der Waals surface area (Å²) in [5, 5.41) is 14.2. The van der Waals surface area contributed by atoms with Crippen LogP contribution in [0.1, 0.15) is 45.2 Å². The van der Waals surface area contributed by atoms with Gasteiger partial charge in [-0.3, -0.25) is 14.4 Å². The molecular formula is C27H30N4O5S. The van der Waals surface area contributed by atoms with E-state index in [1.165, 1.54) is 29.2 Å². The molecule has 0 aromatic heterocycles. The summed E-state index contributed by atoms with van der Waals surface area (Å²) in [4.78, 5) is 42.9. The van der Waals surface area contributed by atoms with Crippen molar-refractivity contribution in [2.45, 2.75) is 51.5 Å². The van der Waals surface area contributed by atoms with Gasteiger partial charge in [0, 0.05) is 12.5 Å². The summed E-state index contributed by atoms with van der Waals surface area (Å²) in [6.45, 7) is 8.25. The van der Waals surface area contributed by atoms with Crippen molar-refractivity contribution in [3.05, 3.63) is 59.7 Å². The predicted molar refractivity (Wildman–Crippen MR) is 136 cm³/mol. The topological polar surface area (TPSA) is 142 Å². The second kappa shape index (κ2) is 9.08. The molecule has 9 nitrogen and oxygen atoms in total. The minimum absolute atomic E-state index is 0.0136. The molecule has 3 amide bonds. The van der Waals surface area contributed by atoms with Gasteiger partial charge in [-0.05, 0) is 59.2 Å². The number of nitrogens with two attached hydrogens (primary N) is 1. The van der Waals surface area contributed by atoms with Crippen molar-refractivity contribution in [3.8, 4) is 6.07 Å². The molecule has 0 spiro atoms. The number of primary sulfonamides is 1. The van der Waals surface area contributed by atoms with Crippen molar-refractivity contribution < 1.29 is 22.8 Å². The lowest BCUT2D eigenvalue weighted by Crippen LogP contribution is -2.47. The van der Waals surface area contributed by atoms with E-state index in [-0.39, 0.29) is 40.5 Å². The van der Waals surface area contributed by atoms with Crippen molar-refractivity contribution in [2.75, 3.05) is 11.4 Å². The van der Waals surface area contributed by atoms with Gasteiger partial charge in [0.15, 0.2) is 0 Å². The molecule has 1 saturated heterocycles. The second-order valence-electron chi connectivity index (χ2n) is 10.8. The summed E-state index contributed by atoms with van der Waals surface area (Å²) >= 11 is 0.